The van der Waals surface area contributed by atoms with E-state index in [-0.39, 0.29) is 5.91 Å². The number of nitrogens with one attached hydrogen (secondary N) is 1. The average Bonchev–Trinajstić information content (AvgIpc) is 3.10. The molecule has 0 saturated heterocycles. The molecule has 0 aliphatic rings. The molecule has 5 heteroatoms. The fourth-order valence-corrected chi connectivity index (χ4v) is 3.43. The average molecular weight is 388 g/mol. The summed E-state index contributed by atoms with van der Waals surface area (Å²) >= 11 is 5.06. The van der Waals surface area contributed by atoms with Gasteiger partial charge >= 0.3 is 0 Å². The minimum absolute atomic E-state index is 0.181. The lowest BCUT2D eigenvalue weighted by Gasteiger charge is -2.11. The Morgan fingerprint density at radius 2 is 1.96 bits per heavy atom. The van der Waals surface area contributed by atoms with Gasteiger partial charge in [0.05, 0.1) is 12.7 Å². The lowest BCUT2D eigenvalue weighted by molar-refractivity contribution is 0.102. The standard InChI is InChI=1S/C18H14BrNO2S/c1-22-12-8-9-15(19)14(11-12)18(21)20-16-6-3-2-5-13(16)17-7-4-10-23-17/h2-11H,1H3,(H,20,21). The van der Waals surface area contributed by atoms with Crippen LogP contribution in [0.5, 0.6) is 5.75 Å². The van der Waals surface area contributed by atoms with E-state index in [1.165, 1.54) is 0 Å². The van der Waals surface area contributed by atoms with Crippen molar-refractivity contribution >= 4 is 38.9 Å². The summed E-state index contributed by atoms with van der Waals surface area (Å²) in [6, 6.07) is 17.1. The number of benzene rings is 2. The first-order valence-corrected chi connectivity index (χ1v) is 8.64. The molecule has 3 nitrogen and oxygen atoms in total. The van der Waals surface area contributed by atoms with Crippen LogP contribution in [0.3, 0.4) is 0 Å². The number of ether oxygens (including phenoxy) is 1. The van der Waals surface area contributed by atoms with E-state index in [0.29, 0.717) is 11.3 Å². The van der Waals surface area contributed by atoms with Crippen molar-refractivity contribution in [2.75, 3.05) is 12.4 Å². The summed E-state index contributed by atoms with van der Waals surface area (Å²) in [7, 11) is 1.58. The number of carbonyl (C=O) groups excluding carboxylic acids is 1. The zero-order valence-electron chi connectivity index (χ0n) is 12.4. The number of amides is 1. The fourth-order valence-electron chi connectivity index (χ4n) is 2.23. The number of halogens is 1. The Morgan fingerprint density at radius 1 is 1.13 bits per heavy atom. The Balaban J connectivity index is 1.93. The number of hydrogen-bond acceptors (Lipinski definition) is 3. The van der Waals surface area contributed by atoms with Crippen molar-refractivity contribution in [2.24, 2.45) is 0 Å². The van der Waals surface area contributed by atoms with Crippen molar-refractivity contribution in [1.82, 2.24) is 0 Å². The van der Waals surface area contributed by atoms with E-state index in [2.05, 4.69) is 21.2 Å². The molecule has 0 atom stereocenters. The molecule has 1 N–H and O–H groups in total. The van der Waals surface area contributed by atoms with Gasteiger partial charge in [0.25, 0.3) is 5.91 Å². The summed E-state index contributed by atoms with van der Waals surface area (Å²) < 4.78 is 5.92. The van der Waals surface area contributed by atoms with E-state index in [9.17, 15) is 4.79 Å². The van der Waals surface area contributed by atoms with Gasteiger partial charge in [0, 0.05) is 20.6 Å². The normalized spacial score (nSPS) is 10.3. The summed E-state index contributed by atoms with van der Waals surface area (Å²) in [6.45, 7) is 0. The highest BCUT2D eigenvalue weighted by atomic mass is 79.9. The number of para-hydroxylation sites is 1. The van der Waals surface area contributed by atoms with Crippen LogP contribution in [0.4, 0.5) is 5.69 Å². The van der Waals surface area contributed by atoms with Gasteiger partial charge in [-0.15, -0.1) is 11.3 Å². The third kappa shape index (κ3) is 3.46. The second-order valence-electron chi connectivity index (χ2n) is 4.82. The highest BCUT2D eigenvalue weighted by molar-refractivity contribution is 9.10. The smallest absolute Gasteiger partial charge is 0.256 e. The molecule has 0 aliphatic heterocycles. The molecule has 0 unspecified atom stereocenters. The van der Waals surface area contributed by atoms with Crippen LogP contribution in [0.15, 0.2) is 64.5 Å². The van der Waals surface area contributed by atoms with Crippen LogP contribution in [-0.2, 0) is 0 Å². The van der Waals surface area contributed by atoms with Gasteiger partial charge < -0.3 is 10.1 Å². The molecule has 1 amide bonds. The highest BCUT2D eigenvalue weighted by Gasteiger charge is 2.14. The first-order valence-electron chi connectivity index (χ1n) is 6.97. The van der Waals surface area contributed by atoms with Crippen molar-refractivity contribution in [2.45, 2.75) is 0 Å². The number of anilines is 1. The summed E-state index contributed by atoms with van der Waals surface area (Å²) in [5.41, 5.74) is 2.33. The zero-order valence-corrected chi connectivity index (χ0v) is 14.8. The highest BCUT2D eigenvalue weighted by Crippen LogP contribution is 2.32. The third-order valence-corrected chi connectivity index (χ3v) is 4.97. The molecule has 0 aliphatic carbocycles. The van der Waals surface area contributed by atoms with Crippen LogP contribution < -0.4 is 10.1 Å². The van der Waals surface area contributed by atoms with E-state index >= 15 is 0 Å². The molecule has 23 heavy (non-hydrogen) atoms. The topological polar surface area (TPSA) is 38.3 Å². The predicted octanol–water partition coefficient (Wildman–Crippen LogP) is 5.44. The van der Waals surface area contributed by atoms with Gasteiger partial charge in [-0.25, -0.2) is 0 Å². The zero-order chi connectivity index (χ0) is 16.2. The fraction of sp³-hybridized carbons (Fsp3) is 0.0556. The molecule has 0 radical (unpaired) electrons. The first-order chi connectivity index (χ1) is 11.2. The summed E-state index contributed by atoms with van der Waals surface area (Å²) in [5, 5.41) is 5.01. The van der Waals surface area contributed by atoms with E-state index in [4.69, 9.17) is 4.74 Å². The van der Waals surface area contributed by atoms with Gasteiger partial charge in [0.2, 0.25) is 0 Å². The van der Waals surface area contributed by atoms with Crippen LogP contribution in [0.25, 0.3) is 10.4 Å². The Hall–Kier alpha value is -2.11. The van der Waals surface area contributed by atoms with Crippen LogP contribution in [-0.4, -0.2) is 13.0 Å². The van der Waals surface area contributed by atoms with Crippen LogP contribution in [0.1, 0.15) is 10.4 Å². The molecule has 116 valence electrons. The van der Waals surface area contributed by atoms with Gasteiger partial charge in [-0.3, -0.25) is 4.79 Å². The number of rotatable bonds is 4. The van der Waals surface area contributed by atoms with Crippen molar-refractivity contribution < 1.29 is 9.53 Å². The van der Waals surface area contributed by atoms with E-state index in [0.717, 1.165) is 20.6 Å². The molecule has 3 aromatic rings. The second-order valence-corrected chi connectivity index (χ2v) is 6.62. The molecular weight excluding hydrogens is 374 g/mol. The van der Waals surface area contributed by atoms with Crippen LogP contribution >= 0.6 is 27.3 Å². The van der Waals surface area contributed by atoms with Crippen molar-refractivity contribution in [3.63, 3.8) is 0 Å². The lowest BCUT2D eigenvalue weighted by atomic mass is 10.1. The van der Waals surface area contributed by atoms with E-state index in [1.54, 1.807) is 36.6 Å². The minimum Gasteiger partial charge on any atom is -0.497 e. The van der Waals surface area contributed by atoms with E-state index in [1.807, 2.05) is 41.8 Å². The Labute approximate surface area is 147 Å². The Kier molecular flexibility index (Phi) is 4.79. The maximum Gasteiger partial charge on any atom is 0.256 e. The Morgan fingerprint density at radius 3 is 2.70 bits per heavy atom. The monoisotopic (exact) mass is 387 g/mol. The van der Waals surface area contributed by atoms with Gasteiger partial charge in [0.15, 0.2) is 0 Å². The van der Waals surface area contributed by atoms with Crippen molar-refractivity contribution in [1.29, 1.82) is 0 Å². The van der Waals surface area contributed by atoms with E-state index < -0.39 is 0 Å². The lowest BCUT2D eigenvalue weighted by Crippen LogP contribution is -2.13. The van der Waals surface area contributed by atoms with Gasteiger partial charge in [-0.2, -0.15) is 0 Å². The maximum atomic E-state index is 12.6. The first kappa shape index (κ1) is 15.8. The molecule has 1 heterocycles. The minimum atomic E-state index is -0.181. The second kappa shape index (κ2) is 6.98. The number of carbonyl (C=O) groups is 1. The quantitative estimate of drug-likeness (QED) is 0.647. The largest absolute Gasteiger partial charge is 0.497 e. The van der Waals surface area contributed by atoms with Gasteiger partial charge in [-0.1, -0.05) is 24.3 Å². The summed E-state index contributed by atoms with van der Waals surface area (Å²) in [5.74, 6) is 0.463. The SMILES string of the molecule is COc1ccc(Br)c(C(=O)Nc2ccccc2-c2cccs2)c1. The molecule has 0 fully saturated rings. The molecule has 0 bridgehead atoms. The maximum absolute atomic E-state index is 12.6. The van der Waals surface area contributed by atoms with Gasteiger partial charge in [0.1, 0.15) is 5.75 Å². The summed E-state index contributed by atoms with van der Waals surface area (Å²) in [6.07, 6.45) is 0. The predicted molar refractivity (Wildman–Crippen MR) is 98.4 cm³/mol. The molecule has 3 rings (SSSR count). The van der Waals surface area contributed by atoms with Crippen LogP contribution in [0, 0.1) is 0 Å². The molecule has 0 spiro atoms. The van der Waals surface area contributed by atoms with Gasteiger partial charge in [-0.05, 0) is 51.6 Å². The number of methoxy groups -OCH3 is 1. The molecule has 2 aromatic carbocycles. The number of hydrogen-bond donors (Lipinski definition) is 1. The number of thiophene rings is 1. The Bertz CT molecular complexity index is 831. The molecule has 1 aromatic heterocycles. The molecule has 0 saturated carbocycles. The van der Waals surface area contributed by atoms with Crippen LogP contribution in [0.2, 0.25) is 0 Å². The van der Waals surface area contributed by atoms with Crippen molar-refractivity contribution in [3.05, 3.63) is 70.0 Å². The third-order valence-electron chi connectivity index (χ3n) is 3.38. The summed E-state index contributed by atoms with van der Waals surface area (Å²) in [4.78, 5) is 13.7. The molecular formula is C18H14BrNO2S. The van der Waals surface area contributed by atoms with Crippen molar-refractivity contribution in [3.8, 4) is 16.2 Å².